The highest BCUT2D eigenvalue weighted by molar-refractivity contribution is 5.85. The zero-order valence-corrected chi connectivity index (χ0v) is 13.6. The Labute approximate surface area is 131 Å². The average molecular weight is 307 g/mol. The van der Waals surface area contributed by atoms with Crippen LogP contribution in [0, 0.1) is 5.92 Å². The summed E-state index contributed by atoms with van der Waals surface area (Å²) < 4.78 is 5.18. The molecule has 2 amide bonds. The molecule has 0 aromatic heterocycles. The predicted octanol–water partition coefficient (Wildman–Crippen LogP) is 1.92. The van der Waals surface area contributed by atoms with E-state index in [0.29, 0.717) is 0 Å². The molecule has 0 spiro atoms. The molecule has 1 rings (SSSR count). The SMILES string of the molecule is CC[C@H](C)[C@H](NC(=O)OCc1ccccc1)C(=O)N(C)NC. The van der Waals surface area contributed by atoms with Gasteiger partial charge in [-0.25, -0.2) is 10.2 Å². The van der Waals surface area contributed by atoms with Gasteiger partial charge in [0.2, 0.25) is 0 Å². The molecule has 0 heterocycles. The number of benzene rings is 1. The van der Waals surface area contributed by atoms with E-state index in [4.69, 9.17) is 4.74 Å². The third-order valence-electron chi connectivity index (χ3n) is 3.63. The number of likely N-dealkylation sites (N-methyl/N-ethyl adjacent to an activating group) is 1. The number of carbonyl (C=O) groups excluding carboxylic acids is 2. The van der Waals surface area contributed by atoms with Crippen LogP contribution in [0.2, 0.25) is 0 Å². The number of ether oxygens (including phenoxy) is 1. The third kappa shape index (κ3) is 5.37. The molecule has 0 saturated carbocycles. The molecule has 2 N–H and O–H groups in total. The monoisotopic (exact) mass is 307 g/mol. The van der Waals surface area contributed by atoms with Crippen molar-refractivity contribution in [1.82, 2.24) is 15.8 Å². The smallest absolute Gasteiger partial charge is 0.408 e. The number of nitrogens with one attached hydrogen (secondary N) is 2. The van der Waals surface area contributed by atoms with E-state index in [0.717, 1.165) is 12.0 Å². The minimum atomic E-state index is -0.620. The molecule has 122 valence electrons. The highest BCUT2D eigenvalue weighted by Gasteiger charge is 2.28. The molecule has 0 aliphatic carbocycles. The molecule has 6 heteroatoms. The van der Waals surface area contributed by atoms with Gasteiger partial charge in [-0.15, -0.1) is 0 Å². The fourth-order valence-corrected chi connectivity index (χ4v) is 1.89. The summed E-state index contributed by atoms with van der Waals surface area (Å²) in [5.41, 5.74) is 3.65. The standard InChI is InChI=1S/C16H25N3O3/c1-5-12(2)14(15(20)19(4)17-3)18-16(21)22-11-13-9-7-6-8-10-13/h6-10,12,14,17H,5,11H2,1-4H3,(H,18,21)/t12-,14-/m0/s1. The van der Waals surface area contributed by atoms with Gasteiger partial charge in [0.25, 0.3) is 5.91 Å². The molecule has 1 aromatic carbocycles. The molecule has 2 atom stereocenters. The maximum Gasteiger partial charge on any atom is 0.408 e. The van der Waals surface area contributed by atoms with Gasteiger partial charge in [0.1, 0.15) is 12.6 Å². The zero-order valence-electron chi connectivity index (χ0n) is 13.6. The van der Waals surface area contributed by atoms with Crippen LogP contribution < -0.4 is 10.7 Å². The molecule has 0 unspecified atom stereocenters. The van der Waals surface area contributed by atoms with Crippen LogP contribution in [0.4, 0.5) is 4.79 Å². The number of nitrogens with zero attached hydrogens (tertiary/aromatic N) is 1. The number of hydrazine groups is 1. The minimum Gasteiger partial charge on any atom is -0.445 e. The Hall–Kier alpha value is -2.08. The molecule has 1 aromatic rings. The van der Waals surface area contributed by atoms with E-state index < -0.39 is 12.1 Å². The first-order chi connectivity index (χ1) is 10.5. The molecular weight excluding hydrogens is 282 g/mol. The Balaban J connectivity index is 2.61. The van der Waals surface area contributed by atoms with Crippen molar-refractivity contribution in [2.45, 2.75) is 32.9 Å². The van der Waals surface area contributed by atoms with Crippen molar-refractivity contribution in [3.8, 4) is 0 Å². The van der Waals surface area contributed by atoms with Gasteiger partial charge in [-0.3, -0.25) is 9.80 Å². The van der Waals surface area contributed by atoms with Crippen molar-refractivity contribution in [1.29, 1.82) is 0 Å². The van der Waals surface area contributed by atoms with Crippen LogP contribution in [0.15, 0.2) is 30.3 Å². The van der Waals surface area contributed by atoms with Crippen LogP contribution >= 0.6 is 0 Å². The molecular formula is C16H25N3O3. The summed E-state index contributed by atoms with van der Waals surface area (Å²) in [5, 5.41) is 4.02. The summed E-state index contributed by atoms with van der Waals surface area (Å²) in [6.45, 7) is 4.07. The summed E-state index contributed by atoms with van der Waals surface area (Å²) in [4.78, 5) is 24.2. The number of hydrogen-bond acceptors (Lipinski definition) is 4. The Morgan fingerprint density at radius 3 is 2.45 bits per heavy atom. The summed E-state index contributed by atoms with van der Waals surface area (Å²) in [5.74, 6) is -0.193. The van der Waals surface area contributed by atoms with Gasteiger partial charge in [0.05, 0.1) is 0 Å². The molecule has 0 bridgehead atoms. The molecule has 6 nitrogen and oxygen atoms in total. The summed E-state index contributed by atoms with van der Waals surface area (Å²) in [6.07, 6.45) is 0.180. The number of alkyl carbamates (subject to hydrolysis) is 1. The van der Waals surface area contributed by atoms with Gasteiger partial charge < -0.3 is 10.1 Å². The van der Waals surface area contributed by atoms with Gasteiger partial charge in [0, 0.05) is 14.1 Å². The third-order valence-corrected chi connectivity index (χ3v) is 3.63. The topological polar surface area (TPSA) is 70.7 Å². The van der Waals surface area contributed by atoms with E-state index in [2.05, 4.69) is 10.7 Å². The lowest BCUT2D eigenvalue weighted by molar-refractivity contribution is -0.135. The molecule has 0 aliphatic heterocycles. The first kappa shape index (κ1) is 18.0. The lowest BCUT2D eigenvalue weighted by Gasteiger charge is -2.27. The van der Waals surface area contributed by atoms with E-state index in [1.807, 2.05) is 44.2 Å². The van der Waals surface area contributed by atoms with Gasteiger partial charge in [-0.1, -0.05) is 50.6 Å². The molecule has 0 saturated heterocycles. The highest BCUT2D eigenvalue weighted by atomic mass is 16.5. The minimum absolute atomic E-state index is 0.00701. The lowest BCUT2D eigenvalue weighted by Crippen LogP contribution is -2.53. The van der Waals surface area contributed by atoms with E-state index in [-0.39, 0.29) is 18.4 Å². The molecule has 0 fully saturated rings. The number of hydrogen-bond donors (Lipinski definition) is 2. The lowest BCUT2D eigenvalue weighted by atomic mass is 9.98. The van der Waals surface area contributed by atoms with E-state index >= 15 is 0 Å². The van der Waals surface area contributed by atoms with Gasteiger partial charge in [-0.05, 0) is 11.5 Å². The van der Waals surface area contributed by atoms with Crippen molar-refractivity contribution in [2.24, 2.45) is 5.92 Å². The van der Waals surface area contributed by atoms with E-state index in [9.17, 15) is 9.59 Å². The summed E-state index contributed by atoms with van der Waals surface area (Å²) in [7, 11) is 3.27. The van der Waals surface area contributed by atoms with Gasteiger partial charge in [-0.2, -0.15) is 0 Å². The highest BCUT2D eigenvalue weighted by Crippen LogP contribution is 2.10. The largest absolute Gasteiger partial charge is 0.445 e. The maximum atomic E-state index is 12.3. The van der Waals surface area contributed by atoms with Gasteiger partial charge in [0.15, 0.2) is 0 Å². The van der Waals surface area contributed by atoms with Crippen molar-refractivity contribution in [3.63, 3.8) is 0 Å². The van der Waals surface area contributed by atoms with Crippen LogP contribution in [-0.4, -0.2) is 37.1 Å². The number of amides is 2. The van der Waals surface area contributed by atoms with Crippen molar-refractivity contribution < 1.29 is 14.3 Å². The predicted molar refractivity (Wildman–Crippen MR) is 84.8 cm³/mol. The second kappa shape index (κ2) is 9.04. The van der Waals surface area contributed by atoms with Crippen LogP contribution in [0.5, 0.6) is 0 Å². The normalized spacial score (nSPS) is 13.1. The van der Waals surface area contributed by atoms with Crippen LogP contribution in [0.1, 0.15) is 25.8 Å². The Morgan fingerprint density at radius 1 is 1.27 bits per heavy atom. The maximum absolute atomic E-state index is 12.3. The second-order valence-corrected chi connectivity index (χ2v) is 5.19. The van der Waals surface area contributed by atoms with Gasteiger partial charge >= 0.3 is 6.09 Å². The first-order valence-corrected chi connectivity index (χ1v) is 7.41. The first-order valence-electron chi connectivity index (χ1n) is 7.41. The fraction of sp³-hybridized carbons (Fsp3) is 0.500. The zero-order chi connectivity index (χ0) is 16.5. The fourth-order valence-electron chi connectivity index (χ4n) is 1.89. The van der Waals surface area contributed by atoms with Crippen molar-refractivity contribution in [3.05, 3.63) is 35.9 Å². The second-order valence-electron chi connectivity index (χ2n) is 5.19. The Kier molecular flexibility index (Phi) is 7.39. The molecule has 22 heavy (non-hydrogen) atoms. The number of rotatable bonds is 7. The molecule has 0 aliphatic rings. The van der Waals surface area contributed by atoms with Crippen LogP contribution in [0.3, 0.4) is 0 Å². The molecule has 0 radical (unpaired) electrons. The quantitative estimate of drug-likeness (QED) is 0.755. The number of carbonyl (C=O) groups is 2. The average Bonchev–Trinajstić information content (AvgIpc) is 2.56. The van der Waals surface area contributed by atoms with Crippen molar-refractivity contribution >= 4 is 12.0 Å². The summed E-state index contributed by atoms with van der Waals surface area (Å²) >= 11 is 0. The van der Waals surface area contributed by atoms with Crippen molar-refractivity contribution in [2.75, 3.05) is 14.1 Å². The van der Waals surface area contributed by atoms with E-state index in [1.54, 1.807) is 14.1 Å². The Morgan fingerprint density at radius 2 is 1.91 bits per heavy atom. The van der Waals surface area contributed by atoms with Crippen LogP contribution in [-0.2, 0) is 16.1 Å². The van der Waals surface area contributed by atoms with Crippen LogP contribution in [0.25, 0.3) is 0 Å². The Bertz CT molecular complexity index is 479. The summed E-state index contributed by atoms with van der Waals surface area (Å²) in [6, 6.07) is 8.78. The van der Waals surface area contributed by atoms with E-state index in [1.165, 1.54) is 5.01 Å².